The third-order valence-electron chi connectivity index (χ3n) is 1.81. The van der Waals surface area contributed by atoms with Gasteiger partial charge in [-0.1, -0.05) is 0 Å². The van der Waals surface area contributed by atoms with Gasteiger partial charge in [-0.2, -0.15) is 0 Å². The summed E-state index contributed by atoms with van der Waals surface area (Å²) < 4.78 is 17.9. The number of aromatic carboxylic acids is 1. The number of carboxylic acid groups (broad SMARTS) is 1. The first-order valence-electron chi connectivity index (χ1n) is 3.94. The zero-order valence-electron chi connectivity index (χ0n) is 7.77. The molecule has 1 rings (SSSR count). The second-order valence-corrected chi connectivity index (χ2v) is 2.76. The van der Waals surface area contributed by atoms with Crippen LogP contribution in [0.15, 0.2) is 12.1 Å². The second-order valence-electron chi connectivity index (χ2n) is 2.76. The summed E-state index contributed by atoms with van der Waals surface area (Å²) in [7, 11) is -0.935. The van der Waals surface area contributed by atoms with Crippen molar-refractivity contribution < 1.29 is 29.1 Å². The number of benzene rings is 1. The van der Waals surface area contributed by atoms with E-state index in [1.807, 2.05) is 0 Å². The molecule has 0 radical (unpaired) electrons. The van der Waals surface area contributed by atoms with Gasteiger partial charge in [0.25, 0.3) is 0 Å². The molecule has 15 heavy (non-hydrogen) atoms. The summed E-state index contributed by atoms with van der Waals surface area (Å²) in [5.74, 6) is -2.65. The Morgan fingerprint density at radius 3 is 2.47 bits per heavy atom. The lowest BCUT2D eigenvalue weighted by Crippen LogP contribution is -2.33. The van der Waals surface area contributed by atoms with Crippen molar-refractivity contribution >= 4 is 18.6 Å². The van der Waals surface area contributed by atoms with Gasteiger partial charge in [0.1, 0.15) is 0 Å². The molecule has 0 heterocycles. The molecule has 3 N–H and O–H groups in total. The molecule has 0 unspecified atom stereocenters. The quantitative estimate of drug-likeness (QED) is 0.574. The van der Waals surface area contributed by atoms with Gasteiger partial charge in [-0.15, -0.1) is 0 Å². The monoisotopic (exact) mass is 214 g/mol. The van der Waals surface area contributed by atoms with Gasteiger partial charge >= 0.3 is 13.1 Å². The van der Waals surface area contributed by atoms with Gasteiger partial charge in [0.05, 0.1) is 12.7 Å². The summed E-state index contributed by atoms with van der Waals surface area (Å²) in [6, 6.07) is 1.80. The molecule has 0 bridgehead atoms. The summed E-state index contributed by atoms with van der Waals surface area (Å²) in [5.41, 5.74) is -0.817. The molecular formula is C8H8BFO5. The molecule has 0 aliphatic carbocycles. The molecule has 0 aliphatic heterocycles. The SMILES string of the molecule is COc1cc(C(=O)O)cc(B(O)O)c1F. The Kier molecular flexibility index (Phi) is 3.28. The molecule has 0 saturated heterocycles. The molecule has 0 saturated carbocycles. The Labute approximate surface area is 84.9 Å². The molecule has 0 spiro atoms. The Hall–Kier alpha value is -1.60. The van der Waals surface area contributed by atoms with Crippen LogP contribution in [-0.2, 0) is 0 Å². The van der Waals surface area contributed by atoms with E-state index in [9.17, 15) is 9.18 Å². The van der Waals surface area contributed by atoms with Crippen LogP contribution < -0.4 is 10.2 Å². The van der Waals surface area contributed by atoms with Crippen molar-refractivity contribution in [3.05, 3.63) is 23.5 Å². The largest absolute Gasteiger partial charge is 0.494 e. The smallest absolute Gasteiger partial charge is 0.491 e. The van der Waals surface area contributed by atoms with Crippen LogP contribution in [0.4, 0.5) is 4.39 Å². The number of ether oxygens (including phenoxy) is 1. The number of carboxylic acids is 1. The fraction of sp³-hybridized carbons (Fsp3) is 0.125. The van der Waals surface area contributed by atoms with Crippen LogP contribution in [0.3, 0.4) is 0 Å². The van der Waals surface area contributed by atoms with Gasteiger partial charge in [-0.3, -0.25) is 0 Å². The van der Waals surface area contributed by atoms with E-state index in [-0.39, 0.29) is 11.3 Å². The number of rotatable bonds is 3. The predicted octanol–water partition coefficient (Wildman–Crippen LogP) is -0.788. The lowest BCUT2D eigenvalue weighted by atomic mass is 9.79. The molecule has 1 aromatic carbocycles. The summed E-state index contributed by atoms with van der Waals surface area (Å²) in [6.07, 6.45) is 0. The predicted molar refractivity (Wildman–Crippen MR) is 49.7 cm³/mol. The molecule has 0 aliphatic rings. The van der Waals surface area contributed by atoms with E-state index < -0.39 is 24.4 Å². The molecule has 80 valence electrons. The molecule has 0 fully saturated rings. The average molecular weight is 214 g/mol. The molecule has 1 aromatic rings. The van der Waals surface area contributed by atoms with Gasteiger partial charge in [0.2, 0.25) is 0 Å². The van der Waals surface area contributed by atoms with Crippen molar-refractivity contribution in [2.24, 2.45) is 0 Å². The Morgan fingerprint density at radius 1 is 1.47 bits per heavy atom. The van der Waals surface area contributed by atoms with Crippen LogP contribution in [0.5, 0.6) is 5.75 Å². The number of halogens is 1. The third-order valence-corrected chi connectivity index (χ3v) is 1.81. The van der Waals surface area contributed by atoms with E-state index in [0.29, 0.717) is 0 Å². The minimum Gasteiger partial charge on any atom is -0.494 e. The van der Waals surface area contributed by atoms with Crippen molar-refractivity contribution in [2.45, 2.75) is 0 Å². The fourth-order valence-electron chi connectivity index (χ4n) is 1.08. The summed E-state index contributed by atoms with van der Waals surface area (Å²) in [4.78, 5) is 10.6. The first-order valence-corrected chi connectivity index (χ1v) is 3.94. The van der Waals surface area contributed by atoms with Crippen LogP contribution >= 0.6 is 0 Å². The molecule has 0 aromatic heterocycles. The Morgan fingerprint density at radius 2 is 2.07 bits per heavy atom. The zero-order chi connectivity index (χ0) is 11.6. The maximum Gasteiger partial charge on any atom is 0.491 e. The average Bonchev–Trinajstić information content (AvgIpc) is 2.17. The maximum atomic E-state index is 13.3. The highest BCUT2D eigenvalue weighted by atomic mass is 19.1. The van der Waals surface area contributed by atoms with Crippen LogP contribution in [0.1, 0.15) is 10.4 Å². The summed E-state index contributed by atoms with van der Waals surface area (Å²) in [6.45, 7) is 0. The van der Waals surface area contributed by atoms with Gasteiger partial charge in [0, 0.05) is 5.46 Å². The van der Waals surface area contributed by atoms with E-state index in [4.69, 9.17) is 15.2 Å². The second kappa shape index (κ2) is 4.29. The highest BCUT2D eigenvalue weighted by Crippen LogP contribution is 2.17. The highest BCUT2D eigenvalue weighted by molar-refractivity contribution is 6.58. The molecular weight excluding hydrogens is 206 g/mol. The van der Waals surface area contributed by atoms with Crippen molar-refractivity contribution in [3.8, 4) is 5.75 Å². The van der Waals surface area contributed by atoms with E-state index in [2.05, 4.69) is 4.74 Å². The highest BCUT2D eigenvalue weighted by Gasteiger charge is 2.22. The number of carbonyl (C=O) groups is 1. The van der Waals surface area contributed by atoms with Gasteiger partial charge < -0.3 is 19.9 Å². The van der Waals surface area contributed by atoms with E-state index >= 15 is 0 Å². The summed E-state index contributed by atoms with van der Waals surface area (Å²) >= 11 is 0. The summed E-state index contributed by atoms with van der Waals surface area (Å²) in [5, 5.41) is 26.3. The number of hydrogen-bond acceptors (Lipinski definition) is 4. The number of hydrogen-bond donors (Lipinski definition) is 3. The molecule has 5 nitrogen and oxygen atoms in total. The van der Waals surface area contributed by atoms with E-state index in [1.54, 1.807) is 0 Å². The van der Waals surface area contributed by atoms with Crippen molar-refractivity contribution in [1.29, 1.82) is 0 Å². The third kappa shape index (κ3) is 2.25. The fourth-order valence-corrected chi connectivity index (χ4v) is 1.08. The Balaban J connectivity index is 3.38. The first-order chi connectivity index (χ1) is 6.97. The first kappa shape index (κ1) is 11.5. The topological polar surface area (TPSA) is 87.0 Å². The van der Waals surface area contributed by atoms with Gasteiger partial charge in [-0.05, 0) is 12.1 Å². The van der Waals surface area contributed by atoms with Gasteiger partial charge in [-0.25, -0.2) is 9.18 Å². The zero-order valence-corrected chi connectivity index (χ0v) is 7.77. The standard InChI is InChI=1S/C8H8BFO5/c1-15-6-3-4(8(11)12)2-5(7(6)10)9(13)14/h2-3,13-14H,1H3,(H,11,12). The lowest BCUT2D eigenvalue weighted by molar-refractivity contribution is 0.0696. The maximum absolute atomic E-state index is 13.3. The molecule has 7 heteroatoms. The minimum atomic E-state index is -2.08. The van der Waals surface area contributed by atoms with Crippen LogP contribution in [0.2, 0.25) is 0 Å². The van der Waals surface area contributed by atoms with E-state index in [0.717, 1.165) is 19.2 Å². The molecule has 0 amide bonds. The Bertz CT molecular complexity index is 393. The normalized spacial score (nSPS) is 9.87. The molecule has 0 atom stereocenters. The minimum absolute atomic E-state index is 0.281. The van der Waals surface area contributed by atoms with E-state index in [1.165, 1.54) is 0 Å². The van der Waals surface area contributed by atoms with Gasteiger partial charge in [0.15, 0.2) is 11.6 Å². The van der Waals surface area contributed by atoms with Crippen molar-refractivity contribution in [2.75, 3.05) is 7.11 Å². The van der Waals surface area contributed by atoms with Crippen LogP contribution in [0.25, 0.3) is 0 Å². The van der Waals surface area contributed by atoms with Crippen LogP contribution in [-0.4, -0.2) is 35.4 Å². The van der Waals surface area contributed by atoms with Crippen molar-refractivity contribution in [3.63, 3.8) is 0 Å². The van der Waals surface area contributed by atoms with Crippen molar-refractivity contribution in [1.82, 2.24) is 0 Å². The number of methoxy groups -OCH3 is 1. The lowest BCUT2D eigenvalue weighted by Gasteiger charge is -2.08. The van der Waals surface area contributed by atoms with Crippen LogP contribution in [0, 0.1) is 5.82 Å².